The van der Waals surface area contributed by atoms with E-state index in [0.717, 1.165) is 13.7 Å². The molecule has 0 aliphatic carbocycles. The molecule has 1 atom stereocenters. The Morgan fingerprint density at radius 3 is 3.00 bits per heavy atom. The van der Waals surface area contributed by atoms with Crippen molar-refractivity contribution in [1.29, 1.82) is 0 Å². The predicted octanol–water partition coefficient (Wildman–Crippen LogP) is 2.71. The first-order chi connectivity index (χ1) is 8.60. The molecule has 4 nitrogen and oxygen atoms in total. The second kappa shape index (κ2) is 5.92. The van der Waals surface area contributed by atoms with Gasteiger partial charge in [-0.15, -0.1) is 22.7 Å². The topological polar surface area (TPSA) is 68.0 Å². The van der Waals surface area contributed by atoms with Gasteiger partial charge in [0, 0.05) is 18.0 Å². The summed E-state index contributed by atoms with van der Waals surface area (Å²) in [6.45, 7) is 2.28. The molecule has 18 heavy (non-hydrogen) atoms. The summed E-state index contributed by atoms with van der Waals surface area (Å²) in [5, 5.41) is 5.41. The Bertz CT molecular complexity index is 552. The summed E-state index contributed by atoms with van der Waals surface area (Å²) in [6.07, 6.45) is 0. The molecule has 3 N–H and O–H groups in total. The number of thiazole rings is 1. The van der Waals surface area contributed by atoms with E-state index in [1.54, 1.807) is 16.7 Å². The minimum absolute atomic E-state index is 0.0430. The molecule has 0 radical (unpaired) electrons. The smallest absolute Gasteiger partial charge is 0.271 e. The van der Waals surface area contributed by atoms with E-state index in [-0.39, 0.29) is 11.9 Å². The third kappa shape index (κ3) is 3.17. The zero-order chi connectivity index (χ0) is 13.1. The maximum atomic E-state index is 11.8. The van der Waals surface area contributed by atoms with Crippen molar-refractivity contribution in [2.24, 2.45) is 5.73 Å². The van der Waals surface area contributed by atoms with Gasteiger partial charge in [0.2, 0.25) is 0 Å². The number of halogens is 1. The van der Waals surface area contributed by atoms with Gasteiger partial charge in [-0.2, -0.15) is 0 Å². The maximum Gasteiger partial charge on any atom is 0.271 e. The van der Waals surface area contributed by atoms with Crippen LogP contribution < -0.4 is 11.1 Å². The highest BCUT2D eigenvalue weighted by Gasteiger charge is 2.14. The van der Waals surface area contributed by atoms with Gasteiger partial charge in [-0.05, 0) is 35.0 Å². The fraction of sp³-hybridized carbons (Fsp3) is 0.273. The van der Waals surface area contributed by atoms with Gasteiger partial charge in [0.1, 0.15) is 10.7 Å². The summed E-state index contributed by atoms with van der Waals surface area (Å²) in [6, 6.07) is 3.91. The summed E-state index contributed by atoms with van der Waals surface area (Å²) in [4.78, 5) is 17.2. The summed E-state index contributed by atoms with van der Waals surface area (Å²) >= 11 is 6.47. The van der Waals surface area contributed by atoms with E-state index >= 15 is 0 Å². The van der Waals surface area contributed by atoms with Crippen molar-refractivity contribution in [2.75, 3.05) is 6.54 Å². The lowest BCUT2D eigenvalue weighted by atomic mass is 10.3. The van der Waals surface area contributed by atoms with Crippen LogP contribution in [0.15, 0.2) is 21.3 Å². The number of nitrogens with one attached hydrogen (secondary N) is 1. The van der Waals surface area contributed by atoms with Crippen LogP contribution in [0.3, 0.4) is 0 Å². The van der Waals surface area contributed by atoms with E-state index in [1.807, 2.05) is 19.1 Å². The SMILES string of the molecule is C[C@@H](CN)NC(=O)c1csc(-c2ccc(Br)s2)n1. The summed E-state index contributed by atoms with van der Waals surface area (Å²) in [7, 11) is 0. The number of nitrogens with zero attached hydrogens (tertiary/aromatic N) is 1. The van der Waals surface area contributed by atoms with Crippen LogP contribution in [0.5, 0.6) is 0 Å². The molecule has 0 aliphatic heterocycles. The van der Waals surface area contributed by atoms with Crippen molar-refractivity contribution in [3.63, 3.8) is 0 Å². The molecule has 0 saturated carbocycles. The second-order valence-electron chi connectivity index (χ2n) is 3.75. The first-order valence-electron chi connectivity index (χ1n) is 5.32. The summed E-state index contributed by atoms with van der Waals surface area (Å²) in [5.74, 6) is -0.175. The highest BCUT2D eigenvalue weighted by atomic mass is 79.9. The van der Waals surface area contributed by atoms with Crippen molar-refractivity contribution in [1.82, 2.24) is 10.3 Å². The largest absolute Gasteiger partial charge is 0.347 e. The van der Waals surface area contributed by atoms with Gasteiger partial charge in [0.15, 0.2) is 0 Å². The van der Waals surface area contributed by atoms with Gasteiger partial charge in [0.05, 0.1) is 8.66 Å². The van der Waals surface area contributed by atoms with Crippen molar-refractivity contribution in [3.05, 3.63) is 27.0 Å². The number of carbonyl (C=O) groups excluding carboxylic acids is 1. The molecule has 0 spiro atoms. The summed E-state index contributed by atoms with van der Waals surface area (Å²) < 4.78 is 1.05. The summed E-state index contributed by atoms with van der Waals surface area (Å²) in [5.41, 5.74) is 5.91. The minimum Gasteiger partial charge on any atom is -0.347 e. The number of thiophene rings is 1. The third-order valence-electron chi connectivity index (χ3n) is 2.25. The van der Waals surface area contributed by atoms with E-state index in [9.17, 15) is 4.79 Å². The van der Waals surface area contributed by atoms with Gasteiger partial charge < -0.3 is 11.1 Å². The lowest BCUT2D eigenvalue weighted by Crippen LogP contribution is -2.37. The Morgan fingerprint density at radius 2 is 2.39 bits per heavy atom. The zero-order valence-electron chi connectivity index (χ0n) is 9.64. The molecule has 0 bridgehead atoms. The highest BCUT2D eigenvalue weighted by Crippen LogP contribution is 2.33. The number of amides is 1. The number of nitrogens with two attached hydrogens (primary N) is 1. The van der Waals surface area contributed by atoms with Crippen molar-refractivity contribution in [3.8, 4) is 9.88 Å². The van der Waals surface area contributed by atoms with Crippen LogP contribution in [0.4, 0.5) is 0 Å². The lowest BCUT2D eigenvalue weighted by Gasteiger charge is -2.09. The second-order valence-corrected chi connectivity index (χ2v) is 7.07. The molecule has 96 valence electrons. The molecule has 1 amide bonds. The molecule has 7 heteroatoms. The number of hydrogen-bond acceptors (Lipinski definition) is 5. The molecule has 2 aromatic rings. The van der Waals surface area contributed by atoms with Crippen LogP contribution in [-0.4, -0.2) is 23.5 Å². The zero-order valence-corrected chi connectivity index (χ0v) is 12.9. The van der Waals surface area contributed by atoms with Crippen LogP contribution in [0.25, 0.3) is 9.88 Å². The van der Waals surface area contributed by atoms with Crippen LogP contribution in [0.2, 0.25) is 0 Å². The average molecular weight is 346 g/mol. The Balaban J connectivity index is 2.13. The fourth-order valence-electron chi connectivity index (χ4n) is 1.28. The van der Waals surface area contributed by atoms with Crippen molar-refractivity contribution in [2.45, 2.75) is 13.0 Å². The first-order valence-corrected chi connectivity index (χ1v) is 7.81. The van der Waals surface area contributed by atoms with Gasteiger partial charge in [-0.3, -0.25) is 4.79 Å². The van der Waals surface area contributed by atoms with Crippen LogP contribution >= 0.6 is 38.6 Å². The van der Waals surface area contributed by atoms with Crippen LogP contribution in [-0.2, 0) is 0 Å². The molecule has 0 aromatic carbocycles. The Hall–Kier alpha value is -0.760. The lowest BCUT2D eigenvalue weighted by molar-refractivity contribution is 0.0937. The van der Waals surface area contributed by atoms with Crippen LogP contribution in [0.1, 0.15) is 17.4 Å². The molecule has 2 heterocycles. The van der Waals surface area contributed by atoms with Gasteiger partial charge in [0.25, 0.3) is 5.91 Å². The average Bonchev–Trinajstić information content (AvgIpc) is 2.96. The fourth-order valence-corrected chi connectivity index (χ4v) is 3.54. The monoisotopic (exact) mass is 345 g/mol. The minimum atomic E-state index is -0.175. The van der Waals surface area contributed by atoms with E-state index in [1.165, 1.54) is 11.3 Å². The van der Waals surface area contributed by atoms with E-state index < -0.39 is 0 Å². The Morgan fingerprint density at radius 1 is 1.61 bits per heavy atom. The van der Waals surface area contributed by atoms with E-state index in [2.05, 4.69) is 26.2 Å². The Labute approximate surface area is 121 Å². The van der Waals surface area contributed by atoms with E-state index in [4.69, 9.17) is 5.73 Å². The third-order valence-corrected chi connectivity index (χ3v) is 4.89. The molecule has 2 aromatic heterocycles. The van der Waals surface area contributed by atoms with Gasteiger partial charge >= 0.3 is 0 Å². The Kier molecular flexibility index (Phi) is 4.50. The molecule has 0 saturated heterocycles. The van der Waals surface area contributed by atoms with Gasteiger partial charge in [-0.25, -0.2) is 4.98 Å². The molecule has 0 unspecified atom stereocenters. The number of rotatable bonds is 4. The number of hydrogen-bond donors (Lipinski definition) is 2. The molecular weight excluding hydrogens is 334 g/mol. The normalized spacial score (nSPS) is 12.4. The molecule has 2 rings (SSSR count). The van der Waals surface area contributed by atoms with Crippen LogP contribution in [0, 0.1) is 0 Å². The number of carbonyl (C=O) groups is 1. The molecule has 0 aliphatic rings. The van der Waals surface area contributed by atoms with Crippen molar-refractivity contribution < 1.29 is 4.79 Å². The maximum absolute atomic E-state index is 11.8. The van der Waals surface area contributed by atoms with E-state index in [0.29, 0.717) is 12.2 Å². The quantitative estimate of drug-likeness (QED) is 0.894. The molecule has 0 fully saturated rings. The first kappa shape index (κ1) is 13.7. The predicted molar refractivity (Wildman–Crippen MR) is 79.1 cm³/mol. The standard InChI is InChI=1S/C11H12BrN3OS2/c1-6(4-13)14-10(16)7-5-17-11(15-7)8-2-3-9(12)18-8/h2-3,5-6H,4,13H2,1H3,(H,14,16)/t6-/m0/s1. The van der Waals surface area contributed by atoms with Gasteiger partial charge in [-0.1, -0.05) is 0 Å². The number of aromatic nitrogens is 1. The van der Waals surface area contributed by atoms with Crippen molar-refractivity contribution >= 4 is 44.5 Å². The molecular formula is C11H12BrN3OS2. The highest BCUT2D eigenvalue weighted by molar-refractivity contribution is 9.11.